The molecule has 4 aromatic rings. The highest BCUT2D eigenvalue weighted by Gasteiger charge is 2.47. The van der Waals surface area contributed by atoms with Gasteiger partial charge in [0.2, 0.25) is 0 Å². The van der Waals surface area contributed by atoms with Crippen molar-refractivity contribution in [3.8, 4) is 11.4 Å². The van der Waals surface area contributed by atoms with Gasteiger partial charge in [0.1, 0.15) is 11.6 Å². The fourth-order valence-corrected chi connectivity index (χ4v) is 4.52. The number of nitrogens with zero attached hydrogens (tertiary/aromatic N) is 5. The summed E-state index contributed by atoms with van der Waals surface area (Å²) in [7, 11) is 0. The third-order valence-corrected chi connectivity index (χ3v) is 6.35. The molecule has 1 aliphatic rings. The van der Waals surface area contributed by atoms with Crippen LogP contribution in [0.1, 0.15) is 22.3 Å². The van der Waals surface area contributed by atoms with E-state index < -0.39 is 18.1 Å². The van der Waals surface area contributed by atoms with Crippen LogP contribution >= 0.6 is 11.6 Å². The smallest absolute Gasteiger partial charge is 0.408 e. The molecule has 1 saturated heterocycles. The first kappa shape index (κ1) is 24.1. The molecule has 5 rings (SSSR count). The van der Waals surface area contributed by atoms with Crippen molar-refractivity contribution < 1.29 is 22.4 Å². The molecule has 2 aromatic carbocycles. The Labute approximate surface area is 209 Å². The maximum Gasteiger partial charge on any atom is 0.408 e. The van der Waals surface area contributed by atoms with Crippen LogP contribution in [0.5, 0.6) is 0 Å². The summed E-state index contributed by atoms with van der Waals surface area (Å²) < 4.78 is 48.4. The summed E-state index contributed by atoms with van der Waals surface area (Å²) in [4.78, 5) is 29.0. The molecule has 1 amide bonds. The van der Waals surface area contributed by atoms with Gasteiger partial charge < -0.3 is 14.2 Å². The molecule has 0 bridgehead atoms. The molecule has 1 unspecified atom stereocenters. The third-order valence-electron chi connectivity index (χ3n) is 6.12. The van der Waals surface area contributed by atoms with Crippen molar-refractivity contribution in [2.75, 3.05) is 24.5 Å². The molecular weight excluding hydrogens is 495 g/mol. The molecule has 1 atom stereocenters. The number of anilines is 1. The summed E-state index contributed by atoms with van der Waals surface area (Å²) in [5.74, 6) is -0.458. The zero-order chi connectivity index (χ0) is 25.4. The number of hydrogen-bond acceptors (Lipinski definition) is 6. The molecule has 0 radical (unpaired) electrons. The van der Waals surface area contributed by atoms with Crippen LogP contribution in [0.3, 0.4) is 0 Å². The quantitative estimate of drug-likeness (QED) is 0.357. The Morgan fingerprint density at radius 3 is 2.61 bits per heavy atom. The van der Waals surface area contributed by atoms with Gasteiger partial charge in [0.25, 0.3) is 11.9 Å². The van der Waals surface area contributed by atoms with E-state index >= 15 is 0 Å². The van der Waals surface area contributed by atoms with E-state index in [1.807, 2.05) is 0 Å². The Balaban J connectivity index is 1.49. The van der Waals surface area contributed by atoms with E-state index in [2.05, 4.69) is 15.0 Å². The summed E-state index contributed by atoms with van der Waals surface area (Å²) in [6.45, 7) is 1.72. The molecule has 1 fully saturated rings. The summed E-state index contributed by atoms with van der Waals surface area (Å²) in [5.41, 5.74) is 2.23. The summed E-state index contributed by atoms with van der Waals surface area (Å²) in [6, 6.07) is 9.79. The zero-order valence-electron chi connectivity index (χ0n) is 19.2. The molecule has 36 heavy (non-hydrogen) atoms. The van der Waals surface area contributed by atoms with E-state index in [1.165, 1.54) is 12.4 Å². The summed E-state index contributed by atoms with van der Waals surface area (Å²) in [5, 5.41) is 0.475. The number of hydrogen-bond donors (Lipinski definition) is 0. The average molecular weight is 516 g/mol. The van der Waals surface area contributed by atoms with Crippen LogP contribution in [0.25, 0.3) is 22.5 Å². The maximum absolute atomic E-state index is 14.2. The maximum atomic E-state index is 14.2. The Hall–Kier alpha value is -3.66. The number of carbonyl (C=O) groups excluding carboxylic acids is 1. The second-order valence-electron chi connectivity index (χ2n) is 8.56. The molecule has 11 heteroatoms. The van der Waals surface area contributed by atoms with E-state index in [4.69, 9.17) is 16.0 Å². The highest BCUT2D eigenvalue weighted by atomic mass is 35.5. The number of oxazole rings is 1. The molecule has 0 spiro atoms. The highest BCUT2D eigenvalue weighted by molar-refractivity contribution is 6.31. The first-order valence-electron chi connectivity index (χ1n) is 11.3. The molecule has 1 aliphatic heterocycles. The fraction of sp³-hybridized carbons (Fsp3) is 0.280. The predicted molar refractivity (Wildman–Crippen MR) is 129 cm³/mol. The lowest BCUT2D eigenvalue weighted by Crippen LogP contribution is -2.49. The topological polar surface area (TPSA) is 75.4 Å². The number of aryl methyl sites for hydroxylation is 1. The van der Waals surface area contributed by atoms with Crippen LogP contribution in [0, 0.1) is 6.92 Å². The number of carbonyl (C=O) groups is 1. The van der Waals surface area contributed by atoms with Crippen molar-refractivity contribution in [3.05, 3.63) is 71.0 Å². The first-order valence-corrected chi connectivity index (χ1v) is 11.7. The molecule has 0 aliphatic carbocycles. The van der Waals surface area contributed by atoms with Crippen LogP contribution < -0.4 is 4.90 Å². The van der Waals surface area contributed by atoms with Crippen molar-refractivity contribution in [2.24, 2.45) is 0 Å². The number of alkyl halides is 3. The second kappa shape index (κ2) is 9.42. The Morgan fingerprint density at radius 2 is 1.86 bits per heavy atom. The van der Waals surface area contributed by atoms with Gasteiger partial charge in [-0.2, -0.15) is 18.2 Å². The van der Waals surface area contributed by atoms with Crippen LogP contribution in [-0.2, 0) is 0 Å². The molecule has 0 N–H and O–H groups in total. The number of amides is 1. The van der Waals surface area contributed by atoms with E-state index in [1.54, 1.807) is 54.3 Å². The second-order valence-corrected chi connectivity index (χ2v) is 9.00. The monoisotopic (exact) mass is 515 g/mol. The Kier molecular flexibility index (Phi) is 6.29. The number of aromatic nitrogens is 3. The van der Waals surface area contributed by atoms with E-state index in [9.17, 15) is 18.0 Å². The number of fused-ring (bicyclic) bond motifs is 1. The zero-order valence-corrected chi connectivity index (χ0v) is 19.9. The van der Waals surface area contributed by atoms with E-state index in [0.29, 0.717) is 21.7 Å². The lowest BCUT2D eigenvalue weighted by molar-refractivity contribution is -0.176. The van der Waals surface area contributed by atoms with Gasteiger partial charge >= 0.3 is 6.18 Å². The average Bonchev–Trinajstić information content (AvgIpc) is 3.12. The third kappa shape index (κ3) is 4.73. The Bertz CT molecular complexity index is 1410. The van der Waals surface area contributed by atoms with E-state index in [-0.39, 0.29) is 43.5 Å². The lowest BCUT2D eigenvalue weighted by atomic mass is 10.0. The van der Waals surface area contributed by atoms with Crippen molar-refractivity contribution in [3.63, 3.8) is 0 Å². The van der Waals surface area contributed by atoms with E-state index in [0.717, 1.165) is 10.5 Å². The molecule has 7 nitrogen and oxygen atoms in total. The largest absolute Gasteiger partial charge is 0.423 e. The predicted octanol–water partition coefficient (Wildman–Crippen LogP) is 5.53. The van der Waals surface area contributed by atoms with Gasteiger partial charge in [0.05, 0.1) is 5.56 Å². The SMILES string of the molecule is Cc1ccc(-c2ncccn2)c(C(=O)N2CCN(c3nc4cc(Cl)ccc4o3)CCC2C(F)(F)F)c1. The van der Waals surface area contributed by atoms with Crippen molar-refractivity contribution in [2.45, 2.75) is 25.6 Å². The van der Waals surface area contributed by atoms with Crippen LogP contribution in [0.15, 0.2) is 59.3 Å². The molecule has 3 heterocycles. The van der Waals surface area contributed by atoms with Gasteiger partial charge in [-0.25, -0.2) is 9.97 Å². The van der Waals surface area contributed by atoms with Crippen molar-refractivity contribution in [1.29, 1.82) is 0 Å². The van der Waals surface area contributed by atoms with Crippen molar-refractivity contribution in [1.82, 2.24) is 19.9 Å². The van der Waals surface area contributed by atoms with Crippen LogP contribution in [0.2, 0.25) is 5.02 Å². The van der Waals surface area contributed by atoms with Gasteiger partial charge in [-0.1, -0.05) is 29.3 Å². The van der Waals surface area contributed by atoms with Gasteiger partial charge in [0, 0.05) is 42.6 Å². The molecule has 0 saturated carbocycles. The molecular formula is C25H21ClF3N5O2. The van der Waals surface area contributed by atoms with Crippen molar-refractivity contribution >= 4 is 34.6 Å². The minimum atomic E-state index is -4.62. The molecule has 186 valence electrons. The summed E-state index contributed by atoms with van der Waals surface area (Å²) in [6.07, 6.45) is -1.91. The van der Waals surface area contributed by atoms with Gasteiger partial charge in [-0.3, -0.25) is 4.79 Å². The van der Waals surface area contributed by atoms with Gasteiger partial charge in [-0.05, 0) is 43.7 Å². The lowest BCUT2D eigenvalue weighted by Gasteiger charge is -2.31. The normalized spacial score (nSPS) is 16.9. The minimum Gasteiger partial charge on any atom is -0.423 e. The Morgan fingerprint density at radius 1 is 1.08 bits per heavy atom. The first-order chi connectivity index (χ1) is 17.2. The highest BCUT2D eigenvalue weighted by Crippen LogP contribution is 2.33. The summed E-state index contributed by atoms with van der Waals surface area (Å²) >= 11 is 6.02. The fourth-order valence-electron chi connectivity index (χ4n) is 4.35. The number of rotatable bonds is 3. The van der Waals surface area contributed by atoms with Gasteiger partial charge in [0.15, 0.2) is 11.4 Å². The number of halogens is 4. The number of benzene rings is 2. The van der Waals surface area contributed by atoms with Crippen LogP contribution in [0.4, 0.5) is 19.2 Å². The standard InChI is InChI=1S/C25H21ClF3N5O2/c1-15-3-5-17(22-30-8-2-9-31-22)18(13-15)23(35)34-12-11-33(10-7-21(34)25(27,28)29)24-32-19-14-16(26)4-6-20(19)36-24/h2-6,8-9,13-14,21H,7,10-12H2,1H3. The minimum absolute atomic E-state index is 0.0109. The molecule has 2 aromatic heterocycles. The van der Waals surface area contributed by atoms with Gasteiger partial charge in [-0.15, -0.1) is 0 Å². The van der Waals surface area contributed by atoms with Crippen LogP contribution in [-0.4, -0.2) is 57.6 Å².